The molecule has 0 aliphatic carbocycles. The van der Waals surface area contributed by atoms with Crippen molar-refractivity contribution in [2.75, 3.05) is 6.61 Å². The number of hydrogen-bond acceptors (Lipinski definition) is 4. The van der Waals surface area contributed by atoms with Crippen LogP contribution in [0.25, 0.3) is 11.1 Å². The predicted octanol–water partition coefficient (Wildman–Crippen LogP) is 3.44. The second-order valence-electron chi connectivity index (χ2n) is 4.65. The predicted molar refractivity (Wildman–Crippen MR) is 72.8 cm³/mol. The Balaban J connectivity index is 2.08. The largest absolute Gasteiger partial charge is 0.461 e. The third-order valence-corrected chi connectivity index (χ3v) is 2.75. The van der Waals surface area contributed by atoms with Crippen molar-refractivity contribution in [2.45, 2.75) is 26.7 Å². The number of oxazole rings is 1. The van der Waals surface area contributed by atoms with Crippen molar-refractivity contribution in [3.63, 3.8) is 0 Å². The molecule has 0 amide bonds. The quantitative estimate of drug-likeness (QED) is 0.623. The molecule has 0 bridgehead atoms. The van der Waals surface area contributed by atoms with E-state index in [9.17, 15) is 4.79 Å². The summed E-state index contributed by atoms with van der Waals surface area (Å²) < 4.78 is 10.7. The molecule has 1 aromatic carbocycles. The van der Waals surface area contributed by atoms with Crippen LogP contribution in [0.15, 0.2) is 40.3 Å². The van der Waals surface area contributed by atoms with Crippen molar-refractivity contribution >= 4 is 17.1 Å². The minimum absolute atomic E-state index is 0.283. The number of para-hydroxylation sites is 2. The van der Waals surface area contributed by atoms with E-state index in [4.69, 9.17) is 9.15 Å². The molecule has 0 fully saturated rings. The van der Waals surface area contributed by atoms with Crippen LogP contribution in [0.2, 0.25) is 0 Å². The van der Waals surface area contributed by atoms with Crippen LogP contribution in [0, 0.1) is 0 Å². The number of ether oxygens (including phenoxy) is 1. The van der Waals surface area contributed by atoms with E-state index < -0.39 is 5.92 Å². The lowest BCUT2D eigenvalue weighted by Gasteiger charge is -2.06. The van der Waals surface area contributed by atoms with Gasteiger partial charge in [-0.1, -0.05) is 17.7 Å². The van der Waals surface area contributed by atoms with Crippen LogP contribution >= 0.6 is 0 Å². The highest BCUT2D eigenvalue weighted by Gasteiger charge is 2.22. The first-order valence-electron chi connectivity index (χ1n) is 6.23. The zero-order chi connectivity index (χ0) is 13.8. The first-order chi connectivity index (χ1) is 9.08. The lowest BCUT2D eigenvalue weighted by Crippen LogP contribution is -2.13. The maximum atomic E-state index is 11.9. The van der Waals surface area contributed by atoms with Crippen LogP contribution in [0.3, 0.4) is 0 Å². The van der Waals surface area contributed by atoms with Gasteiger partial charge >= 0.3 is 5.97 Å². The first kappa shape index (κ1) is 13.3. The summed E-state index contributed by atoms with van der Waals surface area (Å²) >= 11 is 0. The van der Waals surface area contributed by atoms with Crippen LogP contribution in [0.4, 0.5) is 0 Å². The third-order valence-electron chi connectivity index (χ3n) is 2.75. The van der Waals surface area contributed by atoms with Gasteiger partial charge in [-0.05, 0) is 39.0 Å². The molecule has 1 unspecified atom stereocenters. The summed E-state index contributed by atoms with van der Waals surface area (Å²) in [5.74, 6) is -0.439. The summed E-state index contributed by atoms with van der Waals surface area (Å²) in [6.07, 6.45) is 1.86. The van der Waals surface area contributed by atoms with Gasteiger partial charge < -0.3 is 9.15 Å². The van der Waals surface area contributed by atoms with E-state index in [1.807, 2.05) is 44.2 Å². The van der Waals surface area contributed by atoms with Crippen molar-refractivity contribution in [1.82, 2.24) is 4.98 Å². The second-order valence-corrected chi connectivity index (χ2v) is 4.65. The molecule has 0 aliphatic heterocycles. The lowest BCUT2D eigenvalue weighted by molar-refractivity contribution is -0.144. The molecular weight excluding hydrogens is 242 g/mol. The summed E-state index contributed by atoms with van der Waals surface area (Å²) in [5, 5.41) is 0. The van der Waals surface area contributed by atoms with E-state index in [2.05, 4.69) is 4.98 Å². The molecule has 0 radical (unpaired) electrons. The van der Waals surface area contributed by atoms with Gasteiger partial charge in [0, 0.05) is 0 Å². The molecule has 1 atom stereocenters. The molecule has 1 aromatic heterocycles. The fourth-order valence-corrected chi connectivity index (χ4v) is 1.59. The highest BCUT2D eigenvalue weighted by molar-refractivity contribution is 5.78. The summed E-state index contributed by atoms with van der Waals surface area (Å²) in [6, 6.07) is 7.43. The molecule has 0 saturated carbocycles. The van der Waals surface area contributed by atoms with E-state index in [0.29, 0.717) is 11.5 Å². The number of carbonyl (C=O) groups excluding carboxylic acids is 1. The zero-order valence-corrected chi connectivity index (χ0v) is 11.3. The molecule has 19 heavy (non-hydrogen) atoms. The van der Waals surface area contributed by atoms with Crippen LogP contribution in [0.5, 0.6) is 0 Å². The van der Waals surface area contributed by atoms with Crippen LogP contribution in [-0.4, -0.2) is 17.6 Å². The number of carbonyl (C=O) groups is 1. The first-order valence-corrected chi connectivity index (χ1v) is 6.23. The number of rotatable bonds is 4. The maximum Gasteiger partial charge on any atom is 0.318 e. The van der Waals surface area contributed by atoms with Crippen molar-refractivity contribution < 1.29 is 13.9 Å². The second kappa shape index (κ2) is 5.69. The standard InChI is InChI=1S/C15H17NO3/c1-10(2)8-9-18-15(17)11(3)14-16-12-6-4-5-7-13(12)19-14/h4-8,11H,9H2,1-3H3. The molecule has 4 heteroatoms. The highest BCUT2D eigenvalue weighted by atomic mass is 16.5. The molecule has 0 aliphatic rings. The summed E-state index contributed by atoms with van der Waals surface area (Å²) in [4.78, 5) is 16.1. The maximum absolute atomic E-state index is 11.9. The van der Waals surface area contributed by atoms with Crippen LogP contribution in [-0.2, 0) is 9.53 Å². The SMILES string of the molecule is CC(C)=CCOC(=O)C(C)c1nc2ccccc2o1. The average molecular weight is 259 g/mol. The third kappa shape index (κ3) is 3.22. The Hall–Kier alpha value is -2.10. The number of fused-ring (bicyclic) bond motifs is 1. The molecule has 1 heterocycles. The summed E-state index contributed by atoms with van der Waals surface area (Å²) in [5.41, 5.74) is 2.55. The fraction of sp³-hybridized carbons (Fsp3) is 0.333. The molecule has 2 rings (SSSR count). The molecule has 0 spiro atoms. The van der Waals surface area contributed by atoms with Gasteiger partial charge in [0.05, 0.1) is 0 Å². The lowest BCUT2D eigenvalue weighted by atomic mass is 10.2. The van der Waals surface area contributed by atoms with Crippen molar-refractivity contribution in [3.05, 3.63) is 41.8 Å². The van der Waals surface area contributed by atoms with E-state index in [1.165, 1.54) is 0 Å². The topological polar surface area (TPSA) is 52.3 Å². The number of benzene rings is 1. The van der Waals surface area contributed by atoms with Crippen LogP contribution < -0.4 is 0 Å². The molecule has 100 valence electrons. The molecule has 0 N–H and O–H groups in total. The van der Waals surface area contributed by atoms with Gasteiger partial charge in [0.25, 0.3) is 0 Å². The summed E-state index contributed by atoms with van der Waals surface area (Å²) in [6.45, 7) is 5.93. The minimum Gasteiger partial charge on any atom is -0.461 e. The summed E-state index contributed by atoms with van der Waals surface area (Å²) in [7, 11) is 0. The smallest absolute Gasteiger partial charge is 0.318 e. The number of esters is 1. The van der Waals surface area contributed by atoms with E-state index in [0.717, 1.165) is 11.1 Å². The van der Waals surface area contributed by atoms with Gasteiger partial charge in [0.15, 0.2) is 5.58 Å². The molecular formula is C15H17NO3. The van der Waals surface area contributed by atoms with Crippen molar-refractivity contribution in [3.8, 4) is 0 Å². The van der Waals surface area contributed by atoms with Crippen molar-refractivity contribution in [2.24, 2.45) is 0 Å². The van der Waals surface area contributed by atoms with Gasteiger partial charge in [0.2, 0.25) is 5.89 Å². The van der Waals surface area contributed by atoms with Gasteiger partial charge in [-0.2, -0.15) is 0 Å². The van der Waals surface area contributed by atoms with Crippen LogP contribution in [0.1, 0.15) is 32.6 Å². The van der Waals surface area contributed by atoms with Gasteiger partial charge in [-0.15, -0.1) is 0 Å². The van der Waals surface area contributed by atoms with Crippen molar-refractivity contribution in [1.29, 1.82) is 0 Å². The highest BCUT2D eigenvalue weighted by Crippen LogP contribution is 2.22. The Morgan fingerprint density at radius 1 is 1.42 bits per heavy atom. The fourth-order valence-electron chi connectivity index (χ4n) is 1.59. The minimum atomic E-state index is -0.502. The number of nitrogens with zero attached hydrogens (tertiary/aromatic N) is 1. The van der Waals surface area contributed by atoms with Gasteiger partial charge in [0.1, 0.15) is 18.0 Å². The Kier molecular flexibility index (Phi) is 4.00. The molecule has 2 aromatic rings. The van der Waals surface area contributed by atoms with E-state index >= 15 is 0 Å². The normalized spacial score (nSPS) is 12.2. The monoisotopic (exact) mass is 259 g/mol. The Labute approximate surface area is 112 Å². The van der Waals surface area contributed by atoms with Gasteiger partial charge in [-0.3, -0.25) is 4.79 Å². The average Bonchev–Trinajstić information content (AvgIpc) is 2.80. The molecule has 0 saturated heterocycles. The van der Waals surface area contributed by atoms with Gasteiger partial charge in [-0.25, -0.2) is 4.98 Å². The number of hydrogen-bond donors (Lipinski definition) is 0. The Morgan fingerprint density at radius 2 is 2.16 bits per heavy atom. The zero-order valence-electron chi connectivity index (χ0n) is 11.3. The number of allylic oxidation sites excluding steroid dienone is 1. The van der Waals surface area contributed by atoms with E-state index in [-0.39, 0.29) is 12.6 Å². The number of aromatic nitrogens is 1. The molecule has 4 nitrogen and oxygen atoms in total. The van der Waals surface area contributed by atoms with E-state index in [1.54, 1.807) is 6.92 Å². The Bertz CT molecular complexity index is 576. The Morgan fingerprint density at radius 3 is 2.84 bits per heavy atom.